The Morgan fingerprint density at radius 2 is 1.89 bits per heavy atom. The first kappa shape index (κ1) is 17.2. The number of hydrogen-bond acceptors (Lipinski definition) is 4. The van der Waals surface area contributed by atoms with E-state index >= 15 is 0 Å². The molecule has 0 saturated heterocycles. The number of carbonyl (C=O) groups is 2. The number of rotatable bonds is 4. The molecule has 0 aromatic rings. The van der Waals surface area contributed by atoms with Crippen LogP contribution in [0.15, 0.2) is 0 Å². The largest absolute Gasteiger partial charge is 0.444 e. The SMILES string of the molecule is CC(C)C[C@H](NC(=O)OC(C)(C)C)C(=O)N(C)C#N. The van der Waals surface area contributed by atoms with E-state index in [-0.39, 0.29) is 5.92 Å². The summed E-state index contributed by atoms with van der Waals surface area (Å²) in [4.78, 5) is 24.5. The molecular formula is C13H23N3O3. The Labute approximate surface area is 114 Å². The highest BCUT2D eigenvalue weighted by Gasteiger charge is 2.27. The number of nitrogens with one attached hydrogen (secondary N) is 1. The summed E-state index contributed by atoms with van der Waals surface area (Å²) in [5.74, 6) is -0.238. The van der Waals surface area contributed by atoms with Gasteiger partial charge in [-0.2, -0.15) is 5.26 Å². The maximum atomic E-state index is 11.9. The quantitative estimate of drug-likeness (QED) is 0.624. The minimum Gasteiger partial charge on any atom is -0.444 e. The zero-order valence-electron chi connectivity index (χ0n) is 12.5. The lowest BCUT2D eigenvalue weighted by Crippen LogP contribution is -2.48. The second kappa shape index (κ2) is 6.98. The van der Waals surface area contributed by atoms with Gasteiger partial charge in [-0.1, -0.05) is 13.8 Å². The van der Waals surface area contributed by atoms with E-state index < -0.39 is 23.6 Å². The molecule has 1 N–H and O–H groups in total. The lowest BCUT2D eigenvalue weighted by Gasteiger charge is -2.24. The molecule has 0 radical (unpaired) electrons. The van der Waals surface area contributed by atoms with Crippen molar-refractivity contribution in [3.8, 4) is 6.19 Å². The zero-order chi connectivity index (χ0) is 15.2. The molecule has 0 aliphatic heterocycles. The third kappa shape index (κ3) is 7.29. The first-order chi connectivity index (χ1) is 8.56. The van der Waals surface area contributed by atoms with Gasteiger partial charge in [0.05, 0.1) is 0 Å². The van der Waals surface area contributed by atoms with E-state index in [4.69, 9.17) is 10.00 Å². The van der Waals surface area contributed by atoms with E-state index in [0.29, 0.717) is 6.42 Å². The van der Waals surface area contributed by atoms with Crippen LogP contribution >= 0.6 is 0 Å². The Hall–Kier alpha value is -1.77. The molecule has 0 rings (SSSR count). The van der Waals surface area contributed by atoms with Crippen LogP contribution in [0.1, 0.15) is 41.0 Å². The summed E-state index contributed by atoms with van der Waals surface area (Å²) in [6.45, 7) is 9.10. The van der Waals surface area contributed by atoms with Gasteiger partial charge < -0.3 is 10.1 Å². The molecule has 0 bridgehead atoms. The molecule has 0 aliphatic rings. The highest BCUT2D eigenvalue weighted by molar-refractivity contribution is 5.86. The van der Waals surface area contributed by atoms with Gasteiger partial charge in [-0.25, -0.2) is 4.79 Å². The monoisotopic (exact) mass is 269 g/mol. The zero-order valence-corrected chi connectivity index (χ0v) is 12.5. The minimum atomic E-state index is -0.750. The minimum absolute atomic E-state index is 0.205. The van der Waals surface area contributed by atoms with Gasteiger partial charge in [0.1, 0.15) is 11.6 Å². The van der Waals surface area contributed by atoms with Crippen LogP contribution in [0.4, 0.5) is 4.79 Å². The summed E-state index contributed by atoms with van der Waals surface area (Å²) in [5.41, 5.74) is -0.628. The number of carbonyl (C=O) groups excluding carboxylic acids is 2. The van der Waals surface area contributed by atoms with E-state index in [1.165, 1.54) is 7.05 Å². The summed E-state index contributed by atoms with van der Waals surface area (Å²) >= 11 is 0. The smallest absolute Gasteiger partial charge is 0.408 e. The van der Waals surface area contributed by atoms with Crippen molar-refractivity contribution in [1.29, 1.82) is 5.26 Å². The highest BCUT2D eigenvalue weighted by atomic mass is 16.6. The van der Waals surface area contributed by atoms with Crippen LogP contribution in [0.25, 0.3) is 0 Å². The average Bonchev–Trinajstić information content (AvgIpc) is 2.22. The Balaban J connectivity index is 4.74. The van der Waals surface area contributed by atoms with E-state index in [2.05, 4.69) is 5.32 Å². The Kier molecular flexibility index (Phi) is 6.33. The van der Waals surface area contributed by atoms with E-state index in [9.17, 15) is 9.59 Å². The van der Waals surface area contributed by atoms with Crippen LogP contribution in [-0.2, 0) is 9.53 Å². The second-order valence-electron chi connectivity index (χ2n) is 5.83. The molecule has 108 valence electrons. The van der Waals surface area contributed by atoms with Gasteiger partial charge in [0, 0.05) is 7.05 Å². The van der Waals surface area contributed by atoms with Crippen molar-refractivity contribution >= 4 is 12.0 Å². The van der Waals surface area contributed by atoms with Crippen LogP contribution in [0.3, 0.4) is 0 Å². The molecule has 0 unspecified atom stereocenters. The molecular weight excluding hydrogens is 246 g/mol. The van der Waals surface area contributed by atoms with E-state index in [1.807, 2.05) is 13.8 Å². The molecule has 0 fully saturated rings. The molecule has 2 amide bonds. The van der Waals surface area contributed by atoms with Crippen molar-refractivity contribution in [2.24, 2.45) is 5.92 Å². The van der Waals surface area contributed by atoms with Crippen molar-refractivity contribution in [3.63, 3.8) is 0 Å². The number of nitrogens with zero attached hydrogens (tertiary/aromatic N) is 2. The van der Waals surface area contributed by atoms with Gasteiger partial charge in [-0.15, -0.1) is 0 Å². The van der Waals surface area contributed by atoms with Crippen molar-refractivity contribution < 1.29 is 14.3 Å². The predicted molar refractivity (Wildman–Crippen MR) is 71.0 cm³/mol. The van der Waals surface area contributed by atoms with Gasteiger partial charge >= 0.3 is 6.09 Å². The number of ether oxygens (including phenoxy) is 1. The number of likely N-dealkylation sites (N-methyl/N-ethyl adjacent to an activating group) is 1. The standard InChI is InChI=1S/C13H23N3O3/c1-9(2)7-10(11(17)16(6)8-14)15-12(18)19-13(3,4)5/h9-10H,7H2,1-6H3,(H,15,18)/t10-/m0/s1. The van der Waals surface area contributed by atoms with Gasteiger partial charge in [0.25, 0.3) is 5.91 Å². The van der Waals surface area contributed by atoms with Gasteiger partial charge in [-0.05, 0) is 33.1 Å². The molecule has 6 heteroatoms. The number of alkyl carbamates (subject to hydrolysis) is 1. The molecule has 0 aromatic carbocycles. The van der Waals surface area contributed by atoms with E-state index in [1.54, 1.807) is 27.0 Å². The molecule has 0 aliphatic carbocycles. The number of amides is 2. The fourth-order valence-electron chi connectivity index (χ4n) is 1.43. The molecule has 0 heterocycles. The van der Waals surface area contributed by atoms with Crippen LogP contribution in [0, 0.1) is 17.4 Å². The summed E-state index contributed by atoms with van der Waals surface area (Å²) in [5, 5.41) is 11.2. The normalized spacial score (nSPS) is 12.5. The van der Waals surface area contributed by atoms with Crippen LogP contribution in [-0.4, -0.2) is 35.6 Å². The summed E-state index contributed by atoms with van der Waals surface area (Å²) < 4.78 is 5.11. The number of nitriles is 1. The van der Waals surface area contributed by atoms with Crippen molar-refractivity contribution in [1.82, 2.24) is 10.2 Å². The summed E-state index contributed by atoms with van der Waals surface area (Å²) in [6, 6.07) is -0.750. The number of hydrogen-bond donors (Lipinski definition) is 1. The Morgan fingerprint density at radius 1 is 1.37 bits per heavy atom. The van der Waals surface area contributed by atoms with Crippen molar-refractivity contribution in [3.05, 3.63) is 0 Å². The van der Waals surface area contributed by atoms with Crippen molar-refractivity contribution in [2.75, 3.05) is 7.05 Å². The molecule has 1 atom stereocenters. The maximum absolute atomic E-state index is 11.9. The maximum Gasteiger partial charge on any atom is 0.408 e. The average molecular weight is 269 g/mol. The Bertz CT molecular complexity index is 366. The van der Waals surface area contributed by atoms with E-state index in [0.717, 1.165) is 4.90 Å². The fourth-order valence-corrected chi connectivity index (χ4v) is 1.43. The predicted octanol–water partition coefficient (Wildman–Crippen LogP) is 1.87. The molecule has 0 aromatic heterocycles. The lowest BCUT2D eigenvalue weighted by atomic mass is 10.0. The molecule has 0 saturated carbocycles. The van der Waals surface area contributed by atoms with Crippen LogP contribution in [0.5, 0.6) is 0 Å². The van der Waals surface area contributed by atoms with Gasteiger partial charge in [-0.3, -0.25) is 9.69 Å². The summed E-state index contributed by atoms with van der Waals surface area (Å²) in [7, 11) is 1.37. The highest BCUT2D eigenvalue weighted by Crippen LogP contribution is 2.10. The third-order valence-corrected chi connectivity index (χ3v) is 2.18. The third-order valence-electron chi connectivity index (χ3n) is 2.18. The molecule has 0 spiro atoms. The first-order valence-electron chi connectivity index (χ1n) is 6.23. The fraction of sp³-hybridized carbons (Fsp3) is 0.769. The second-order valence-corrected chi connectivity index (χ2v) is 5.83. The lowest BCUT2D eigenvalue weighted by molar-refractivity contribution is -0.129. The topological polar surface area (TPSA) is 82.4 Å². The molecule has 6 nitrogen and oxygen atoms in total. The molecule has 19 heavy (non-hydrogen) atoms. The van der Waals surface area contributed by atoms with Gasteiger partial charge in [0.2, 0.25) is 0 Å². The van der Waals surface area contributed by atoms with Crippen LogP contribution in [0.2, 0.25) is 0 Å². The van der Waals surface area contributed by atoms with Gasteiger partial charge in [0.15, 0.2) is 6.19 Å². The summed E-state index contributed by atoms with van der Waals surface area (Å²) in [6.07, 6.45) is 1.53. The first-order valence-corrected chi connectivity index (χ1v) is 6.23. The van der Waals surface area contributed by atoms with Crippen LogP contribution < -0.4 is 5.32 Å². The Morgan fingerprint density at radius 3 is 2.26 bits per heavy atom. The van der Waals surface area contributed by atoms with Crippen molar-refractivity contribution in [2.45, 2.75) is 52.7 Å².